The van der Waals surface area contributed by atoms with Gasteiger partial charge in [0.15, 0.2) is 0 Å². The molecule has 0 heterocycles. The summed E-state index contributed by atoms with van der Waals surface area (Å²) < 4.78 is 21.9. The van der Waals surface area contributed by atoms with Crippen LogP contribution in [0.25, 0.3) is 0 Å². The fourth-order valence-electron chi connectivity index (χ4n) is 4.08. The van der Waals surface area contributed by atoms with Crippen LogP contribution in [0.4, 0.5) is 0 Å². The number of ether oxygens (including phenoxy) is 4. The third-order valence-corrected chi connectivity index (χ3v) is 5.52. The van der Waals surface area contributed by atoms with Gasteiger partial charge in [-0.05, 0) is 53.7 Å². The van der Waals surface area contributed by atoms with Crippen molar-refractivity contribution in [1.29, 1.82) is 0 Å². The lowest BCUT2D eigenvalue weighted by Gasteiger charge is -2.29. The summed E-state index contributed by atoms with van der Waals surface area (Å²) >= 11 is 0. The van der Waals surface area contributed by atoms with Crippen molar-refractivity contribution in [2.45, 2.75) is 79.7 Å². The number of esters is 4. The predicted molar refractivity (Wildman–Crippen MR) is 158 cm³/mol. The third kappa shape index (κ3) is 13.7. The van der Waals surface area contributed by atoms with Gasteiger partial charge in [-0.3, -0.25) is 29.0 Å². The molecule has 0 saturated heterocycles. The van der Waals surface area contributed by atoms with Crippen LogP contribution >= 0.6 is 0 Å². The first-order valence-corrected chi connectivity index (χ1v) is 13.9. The monoisotopic (exact) mass is 584 g/mol. The zero-order valence-electron chi connectivity index (χ0n) is 26.0. The Morgan fingerprint density at radius 3 is 1.24 bits per heavy atom. The topological polar surface area (TPSA) is 112 Å². The lowest BCUT2D eigenvalue weighted by molar-refractivity contribution is -0.158. The van der Waals surface area contributed by atoms with Crippen molar-refractivity contribution in [2.24, 2.45) is 0 Å². The van der Waals surface area contributed by atoms with Gasteiger partial charge in [0.1, 0.15) is 22.7 Å². The summed E-state index contributed by atoms with van der Waals surface area (Å²) in [4.78, 5) is 52.8. The Hall–Kier alpha value is -3.76. The van der Waals surface area contributed by atoms with Crippen LogP contribution in [0.1, 0.15) is 66.5 Å². The van der Waals surface area contributed by atoms with E-state index in [-0.39, 0.29) is 26.2 Å². The maximum Gasteiger partial charge on any atom is 0.320 e. The van der Waals surface area contributed by atoms with Gasteiger partial charge in [-0.15, -0.1) is 0 Å². The minimum atomic E-state index is -0.665. The lowest BCUT2D eigenvalue weighted by atomic mass is 10.1. The molecule has 0 saturated carbocycles. The number of para-hydroxylation sites is 2. The highest BCUT2D eigenvalue weighted by molar-refractivity contribution is 5.73. The average molecular weight is 585 g/mol. The standard InChI is InChI=1S/C32H44N2O8/c1-23(35)39-27-15-11-9-13-25(27)19-33(21-29(37)41-31(3,4)5)17-18-34(22-30(38)42-32(6,7)8)20-26-14-10-12-16-28(26)40-24(2)36/h9-16H,17-22H2,1-8H3. The Labute approximate surface area is 248 Å². The van der Waals surface area contributed by atoms with Crippen molar-refractivity contribution in [2.75, 3.05) is 26.2 Å². The van der Waals surface area contributed by atoms with E-state index in [9.17, 15) is 19.2 Å². The molecule has 2 aromatic rings. The van der Waals surface area contributed by atoms with E-state index in [4.69, 9.17) is 18.9 Å². The van der Waals surface area contributed by atoms with Gasteiger partial charge in [0.25, 0.3) is 0 Å². The SMILES string of the molecule is CC(=O)Oc1ccccc1CN(CCN(CC(=O)OC(C)(C)C)Cc1ccccc1OC(C)=O)CC(=O)OC(C)(C)C. The zero-order valence-corrected chi connectivity index (χ0v) is 26.0. The molecule has 2 rings (SSSR count). The molecule has 42 heavy (non-hydrogen) atoms. The Balaban J connectivity index is 2.34. The second kappa shape index (κ2) is 15.5. The lowest BCUT2D eigenvalue weighted by Crippen LogP contribution is -2.41. The van der Waals surface area contributed by atoms with Gasteiger partial charge in [-0.1, -0.05) is 36.4 Å². The molecule has 0 bridgehead atoms. The maximum atomic E-state index is 12.9. The smallest absolute Gasteiger partial charge is 0.320 e. The predicted octanol–water partition coefficient (Wildman–Crippen LogP) is 4.52. The molecule has 0 N–H and O–H groups in total. The molecule has 2 aromatic carbocycles. The van der Waals surface area contributed by atoms with Gasteiger partial charge in [0, 0.05) is 51.2 Å². The van der Waals surface area contributed by atoms with Crippen LogP contribution in [0.5, 0.6) is 11.5 Å². The summed E-state index contributed by atoms with van der Waals surface area (Å²) in [5.74, 6) is -0.912. The first kappa shape index (κ1) is 34.4. The molecule has 0 aromatic heterocycles. The van der Waals surface area contributed by atoms with Crippen molar-refractivity contribution in [3.63, 3.8) is 0 Å². The highest BCUT2D eigenvalue weighted by Crippen LogP contribution is 2.22. The Kier molecular flexibility index (Phi) is 12.7. The molecule has 0 radical (unpaired) electrons. The first-order chi connectivity index (χ1) is 19.5. The van der Waals surface area contributed by atoms with Crippen LogP contribution in [-0.2, 0) is 41.7 Å². The van der Waals surface area contributed by atoms with Crippen LogP contribution in [0.15, 0.2) is 48.5 Å². The maximum absolute atomic E-state index is 12.9. The van der Waals surface area contributed by atoms with Crippen molar-refractivity contribution in [1.82, 2.24) is 9.80 Å². The third-order valence-electron chi connectivity index (χ3n) is 5.52. The molecule has 0 spiro atoms. The quantitative estimate of drug-likeness (QED) is 0.246. The van der Waals surface area contributed by atoms with E-state index < -0.39 is 35.1 Å². The van der Waals surface area contributed by atoms with E-state index in [0.29, 0.717) is 24.6 Å². The van der Waals surface area contributed by atoms with Crippen LogP contribution in [0.3, 0.4) is 0 Å². The van der Waals surface area contributed by atoms with Gasteiger partial charge in [-0.2, -0.15) is 0 Å². The summed E-state index contributed by atoms with van der Waals surface area (Å²) in [6, 6.07) is 14.2. The van der Waals surface area contributed by atoms with Crippen molar-refractivity contribution < 1.29 is 38.1 Å². The van der Waals surface area contributed by atoms with Gasteiger partial charge in [0.2, 0.25) is 0 Å². The highest BCUT2D eigenvalue weighted by Gasteiger charge is 2.24. The van der Waals surface area contributed by atoms with E-state index in [0.717, 1.165) is 11.1 Å². The summed E-state index contributed by atoms with van der Waals surface area (Å²) in [7, 11) is 0. The second-order valence-corrected chi connectivity index (χ2v) is 12.0. The molecular weight excluding hydrogens is 540 g/mol. The van der Waals surface area contributed by atoms with Crippen LogP contribution in [-0.4, -0.2) is 71.1 Å². The number of rotatable bonds is 13. The van der Waals surface area contributed by atoms with Gasteiger partial charge < -0.3 is 18.9 Å². The van der Waals surface area contributed by atoms with E-state index >= 15 is 0 Å². The molecule has 230 valence electrons. The van der Waals surface area contributed by atoms with E-state index in [1.807, 2.05) is 34.1 Å². The van der Waals surface area contributed by atoms with Crippen LogP contribution < -0.4 is 9.47 Å². The minimum Gasteiger partial charge on any atom is -0.459 e. The minimum absolute atomic E-state index is 0.0318. The molecule has 0 fully saturated rings. The average Bonchev–Trinajstić information content (AvgIpc) is 2.81. The largest absolute Gasteiger partial charge is 0.459 e. The summed E-state index contributed by atoms with van der Waals surface area (Å²) in [6.07, 6.45) is 0. The first-order valence-electron chi connectivity index (χ1n) is 13.9. The molecular formula is C32H44N2O8. The van der Waals surface area contributed by atoms with Crippen LogP contribution in [0.2, 0.25) is 0 Å². The van der Waals surface area contributed by atoms with E-state index in [1.165, 1.54) is 13.8 Å². The Bertz CT molecular complexity index is 1130. The molecule has 10 heteroatoms. The number of benzene rings is 2. The van der Waals surface area contributed by atoms with E-state index in [1.54, 1.807) is 65.8 Å². The molecule has 0 aliphatic rings. The van der Waals surface area contributed by atoms with Gasteiger partial charge in [-0.25, -0.2) is 0 Å². The molecule has 0 aliphatic carbocycles. The molecule has 0 aliphatic heterocycles. The molecule has 0 unspecified atom stereocenters. The van der Waals surface area contributed by atoms with Crippen LogP contribution in [0, 0.1) is 0 Å². The van der Waals surface area contributed by atoms with E-state index in [2.05, 4.69) is 0 Å². The highest BCUT2D eigenvalue weighted by atomic mass is 16.6. The fraction of sp³-hybridized carbons (Fsp3) is 0.500. The summed E-state index contributed by atoms with van der Waals surface area (Å²) in [5, 5.41) is 0. The molecule has 0 amide bonds. The number of carbonyl (C=O) groups is 4. The summed E-state index contributed by atoms with van der Waals surface area (Å²) in [5.41, 5.74) is 0.105. The summed E-state index contributed by atoms with van der Waals surface area (Å²) in [6.45, 7) is 14.7. The van der Waals surface area contributed by atoms with Gasteiger partial charge >= 0.3 is 23.9 Å². The van der Waals surface area contributed by atoms with Crippen molar-refractivity contribution in [3.05, 3.63) is 59.7 Å². The number of hydrogen-bond donors (Lipinski definition) is 0. The Morgan fingerprint density at radius 2 is 0.929 bits per heavy atom. The molecule has 0 atom stereocenters. The van der Waals surface area contributed by atoms with Crippen molar-refractivity contribution >= 4 is 23.9 Å². The van der Waals surface area contributed by atoms with Crippen molar-refractivity contribution in [3.8, 4) is 11.5 Å². The Morgan fingerprint density at radius 1 is 0.595 bits per heavy atom. The number of nitrogens with zero attached hydrogens (tertiary/aromatic N) is 2. The second-order valence-electron chi connectivity index (χ2n) is 12.0. The zero-order chi connectivity index (χ0) is 31.5. The normalized spacial score (nSPS) is 11.8. The number of carbonyl (C=O) groups excluding carboxylic acids is 4. The molecule has 10 nitrogen and oxygen atoms in total. The number of hydrogen-bond acceptors (Lipinski definition) is 10. The fourth-order valence-corrected chi connectivity index (χ4v) is 4.08. The van der Waals surface area contributed by atoms with Gasteiger partial charge in [0.05, 0.1) is 13.1 Å².